The number of quaternary nitrogens is 1. The molecule has 0 radical (unpaired) electrons. The van der Waals surface area contributed by atoms with Gasteiger partial charge in [0.1, 0.15) is 5.69 Å². The van der Waals surface area contributed by atoms with Crippen LogP contribution in [0.3, 0.4) is 0 Å². The summed E-state index contributed by atoms with van der Waals surface area (Å²) in [6.07, 6.45) is 2.47. The number of hydrogen-bond donors (Lipinski definition) is 1. The van der Waals surface area contributed by atoms with Gasteiger partial charge in [0.25, 0.3) is 0 Å². The highest BCUT2D eigenvalue weighted by atomic mass is 32.2. The van der Waals surface area contributed by atoms with Crippen LogP contribution < -0.4 is 4.05 Å². The van der Waals surface area contributed by atoms with Crippen LogP contribution in [0.5, 0.6) is 0 Å². The highest BCUT2D eigenvalue weighted by molar-refractivity contribution is 7.84. The van der Waals surface area contributed by atoms with E-state index in [2.05, 4.69) is 0 Å². The molecule has 104 valence electrons. The molecule has 1 N–H and O–H groups in total. The summed E-state index contributed by atoms with van der Waals surface area (Å²) < 4.78 is 11.3. The number of hydroxylamine groups is 1. The first-order chi connectivity index (χ1) is 8.95. The van der Waals surface area contributed by atoms with Gasteiger partial charge in [0, 0.05) is 11.6 Å². The average molecular weight is 283 g/mol. The Morgan fingerprint density at radius 1 is 1.37 bits per heavy atom. The van der Waals surface area contributed by atoms with Crippen molar-refractivity contribution in [3.8, 4) is 0 Å². The Morgan fingerprint density at radius 3 is 2.74 bits per heavy atom. The van der Waals surface area contributed by atoms with Crippen molar-refractivity contribution >= 4 is 22.6 Å². The molecule has 1 heterocycles. The van der Waals surface area contributed by atoms with Gasteiger partial charge in [-0.25, -0.2) is 8.85 Å². The second-order valence-corrected chi connectivity index (χ2v) is 6.43. The Morgan fingerprint density at radius 2 is 2.11 bits per heavy atom. The first-order valence-electron chi connectivity index (χ1n) is 6.28. The SMILES string of the molecule is Cc1cc(C(=O)O)ccc1[N+]1([O-])CCCCCS1=O. The molecule has 0 aromatic heterocycles. The Labute approximate surface area is 114 Å². The van der Waals surface area contributed by atoms with Crippen molar-refractivity contribution in [1.82, 2.24) is 4.05 Å². The van der Waals surface area contributed by atoms with Crippen LogP contribution >= 0.6 is 0 Å². The van der Waals surface area contributed by atoms with Crippen LogP contribution in [0.2, 0.25) is 0 Å². The normalized spacial score (nSPS) is 27.8. The van der Waals surface area contributed by atoms with E-state index in [0.717, 1.165) is 19.3 Å². The minimum atomic E-state index is -1.50. The molecule has 0 amide bonds. The molecule has 0 bridgehead atoms. The monoisotopic (exact) mass is 283 g/mol. The number of nitrogens with zero attached hydrogens (tertiary/aromatic N) is 1. The second kappa shape index (κ2) is 5.40. The number of aromatic carboxylic acids is 1. The first-order valence-corrected chi connectivity index (χ1v) is 7.55. The van der Waals surface area contributed by atoms with Gasteiger partial charge in [-0.05, 0) is 38.3 Å². The van der Waals surface area contributed by atoms with Crippen molar-refractivity contribution in [3.05, 3.63) is 34.5 Å². The summed E-state index contributed by atoms with van der Waals surface area (Å²) >= 11 is 0. The number of rotatable bonds is 2. The Balaban J connectivity index is 2.44. The second-order valence-electron chi connectivity index (χ2n) is 4.79. The standard InChI is InChI=1S/C13H17NO4S/c1-10-9-11(13(15)16)5-6-12(10)14(17)7-3-2-4-8-19(14)18/h5-6,9H,2-4,7-8H2,1H3,(H,15,16). The van der Waals surface area contributed by atoms with E-state index >= 15 is 0 Å². The molecule has 5 nitrogen and oxygen atoms in total. The van der Waals surface area contributed by atoms with E-state index in [1.165, 1.54) is 18.2 Å². The predicted octanol–water partition coefficient (Wildman–Crippen LogP) is 2.35. The van der Waals surface area contributed by atoms with Gasteiger partial charge in [-0.15, -0.1) is 0 Å². The molecule has 1 aliphatic rings. The van der Waals surface area contributed by atoms with Gasteiger partial charge in [-0.1, -0.05) is 0 Å². The van der Waals surface area contributed by atoms with Gasteiger partial charge in [-0.2, -0.15) is 4.21 Å². The van der Waals surface area contributed by atoms with Gasteiger partial charge in [0.05, 0.1) is 17.9 Å². The molecule has 1 saturated heterocycles. The minimum absolute atomic E-state index is 0.147. The molecule has 6 heteroatoms. The Bertz CT molecular complexity index is 531. The Kier molecular flexibility index (Phi) is 4.03. The molecule has 0 aliphatic carbocycles. The third kappa shape index (κ3) is 2.70. The van der Waals surface area contributed by atoms with E-state index in [1.54, 1.807) is 6.92 Å². The van der Waals surface area contributed by atoms with E-state index < -0.39 is 21.0 Å². The number of aryl methyl sites for hydroxylation is 1. The molecular weight excluding hydrogens is 266 g/mol. The van der Waals surface area contributed by atoms with Crippen molar-refractivity contribution in [2.45, 2.75) is 26.2 Å². The maximum Gasteiger partial charge on any atom is 0.335 e. The lowest BCUT2D eigenvalue weighted by Crippen LogP contribution is -2.46. The van der Waals surface area contributed by atoms with Crippen LogP contribution in [-0.2, 0) is 11.0 Å². The summed E-state index contributed by atoms with van der Waals surface area (Å²) in [6, 6.07) is 4.39. The van der Waals surface area contributed by atoms with Gasteiger partial charge < -0.3 is 10.3 Å². The maximum absolute atomic E-state index is 12.9. The summed E-state index contributed by atoms with van der Waals surface area (Å²) in [7, 11) is -1.50. The van der Waals surface area contributed by atoms with Crippen LogP contribution in [0.25, 0.3) is 0 Å². The smallest absolute Gasteiger partial charge is 0.335 e. The molecule has 0 spiro atoms. The number of benzene rings is 1. The third-order valence-corrected chi connectivity index (χ3v) is 5.09. The summed E-state index contributed by atoms with van der Waals surface area (Å²) in [5.41, 5.74) is 1.16. The zero-order valence-corrected chi connectivity index (χ0v) is 11.6. The van der Waals surface area contributed by atoms with E-state index in [9.17, 15) is 14.2 Å². The maximum atomic E-state index is 12.9. The number of carboxylic acids is 1. The van der Waals surface area contributed by atoms with Gasteiger partial charge in [0.15, 0.2) is 0 Å². The number of hydrogen-bond acceptors (Lipinski definition) is 3. The van der Waals surface area contributed by atoms with Crippen molar-refractivity contribution in [3.63, 3.8) is 0 Å². The van der Waals surface area contributed by atoms with Crippen molar-refractivity contribution in [2.75, 3.05) is 12.3 Å². The molecule has 1 fully saturated rings. The van der Waals surface area contributed by atoms with E-state index in [-0.39, 0.29) is 5.56 Å². The minimum Gasteiger partial charge on any atom is -0.613 e. The van der Waals surface area contributed by atoms with Crippen LogP contribution in [0.1, 0.15) is 35.2 Å². The van der Waals surface area contributed by atoms with Crippen LogP contribution in [0, 0.1) is 12.1 Å². The van der Waals surface area contributed by atoms with Crippen LogP contribution in [0.4, 0.5) is 5.69 Å². The van der Waals surface area contributed by atoms with Gasteiger partial charge >= 0.3 is 5.97 Å². The first kappa shape index (κ1) is 14.2. The van der Waals surface area contributed by atoms with Crippen molar-refractivity contribution < 1.29 is 14.1 Å². The van der Waals surface area contributed by atoms with E-state index in [1.807, 2.05) is 0 Å². The largest absolute Gasteiger partial charge is 0.613 e. The highest BCUT2D eigenvalue weighted by Gasteiger charge is 2.32. The molecule has 2 rings (SSSR count). The Hall–Kier alpha value is -1.24. The zero-order valence-electron chi connectivity index (χ0n) is 10.8. The van der Waals surface area contributed by atoms with Crippen molar-refractivity contribution in [1.29, 1.82) is 0 Å². The van der Waals surface area contributed by atoms with E-state index in [4.69, 9.17) is 5.11 Å². The van der Waals surface area contributed by atoms with Gasteiger partial charge in [-0.3, -0.25) is 0 Å². The molecular formula is C13H17NO4S. The fourth-order valence-electron chi connectivity index (χ4n) is 2.37. The summed E-state index contributed by atoms with van der Waals surface area (Å²) in [4.78, 5) is 10.9. The highest BCUT2D eigenvalue weighted by Crippen LogP contribution is 2.32. The summed E-state index contributed by atoms with van der Waals surface area (Å²) in [5, 5.41) is 21.8. The summed E-state index contributed by atoms with van der Waals surface area (Å²) in [6.45, 7) is 1.99. The number of carboxylic acid groups (broad SMARTS) is 1. The molecule has 1 aromatic carbocycles. The molecule has 0 saturated carbocycles. The lowest BCUT2D eigenvalue weighted by molar-refractivity contribution is 0.0697. The predicted molar refractivity (Wildman–Crippen MR) is 75.0 cm³/mol. The summed E-state index contributed by atoms with van der Waals surface area (Å²) in [5.74, 6) is -0.618. The van der Waals surface area contributed by atoms with Crippen molar-refractivity contribution in [2.24, 2.45) is 0 Å². The number of carbonyl (C=O) groups is 1. The molecule has 2 atom stereocenters. The van der Waals surface area contributed by atoms with Crippen LogP contribution in [-0.4, -0.2) is 27.6 Å². The topological polar surface area (TPSA) is 77.4 Å². The fraction of sp³-hybridized carbons (Fsp3) is 0.462. The molecule has 19 heavy (non-hydrogen) atoms. The fourth-order valence-corrected chi connectivity index (χ4v) is 3.88. The molecule has 2 unspecified atom stereocenters. The average Bonchev–Trinajstić information content (AvgIpc) is 2.52. The lowest BCUT2D eigenvalue weighted by atomic mass is 10.1. The zero-order chi connectivity index (χ0) is 14.0. The lowest BCUT2D eigenvalue weighted by Gasteiger charge is -2.39. The van der Waals surface area contributed by atoms with E-state index in [0.29, 0.717) is 23.5 Å². The van der Waals surface area contributed by atoms with Gasteiger partial charge in [0.2, 0.25) is 11.0 Å². The molecule has 1 aliphatic heterocycles. The third-order valence-electron chi connectivity index (χ3n) is 3.41. The molecule has 1 aromatic rings. The van der Waals surface area contributed by atoms with Crippen LogP contribution in [0.15, 0.2) is 18.2 Å². The quantitative estimate of drug-likeness (QED) is 0.667.